The van der Waals surface area contributed by atoms with Gasteiger partial charge in [-0.05, 0) is 24.6 Å². The first-order valence-corrected chi connectivity index (χ1v) is 7.41. The van der Waals surface area contributed by atoms with Crippen LogP contribution < -0.4 is 10.1 Å². The van der Waals surface area contributed by atoms with Crippen LogP contribution in [0, 0.1) is 0 Å². The number of ether oxygens (including phenoxy) is 1. The van der Waals surface area contributed by atoms with Gasteiger partial charge in [0.2, 0.25) is 0 Å². The molecule has 2 rings (SSSR count). The summed E-state index contributed by atoms with van der Waals surface area (Å²) in [5.74, 6) is 0.668. The topological polar surface area (TPSA) is 38.3 Å². The quantitative estimate of drug-likeness (QED) is 0.844. The Kier molecular flexibility index (Phi) is 4.66. The van der Waals surface area contributed by atoms with Crippen molar-refractivity contribution in [2.75, 3.05) is 13.7 Å². The zero-order valence-electron chi connectivity index (χ0n) is 11.0. The van der Waals surface area contributed by atoms with Crippen LogP contribution in [0.3, 0.4) is 0 Å². The fourth-order valence-electron chi connectivity index (χ4n) is 1.78. The first kappa shape index (κ1) is 14.2. The molecule has 1 N–H and O–H groups in total. The smallest absolute Gasteiger partial charge is 0.262 e. The second kappa shape index (κ2) is 6.26. The van der Waals surface area contributed by atoms with Gasteiger partial charge in [-0.3, -0.25) is 4.79 Å². The maximum absolute atomic E-state index is 12.0. The van der Waals surface area contributed by atoms with Crippen LogP contribution in [0.2, 0.25) is 5.02 Å². The van der Waals surface area contributed by atoms with Crippen LogP contribution in [-0.2, 0) is 0 Å². The molecular formula is C14H16ClNO2S. The average molecular weight is 298 g/mol. The highest BCUT2D eigenvalue weighted by molar-refractivity contribution is 7.21. The number of hydrogen-bond acceptors (Lipinski definition) is 3. The molecule has 1 aromatic carbocycles. The predicted molar refractivity (Wildman–Crippen MR) is 80.6 cm³/mol. The number of nitrogens with one attached hydrogen (secondary N) is 1. The zero-order chi connectivity index (χ0) is 13.8. The van der Waals surface area contributed by atoms with E-state index in [1.54, 1.807) is 7.11 Å². The summed E-state index contributed by atoms with van der Waals surface area (Å²) in [6.07, 6.45) is 2.03. The van der Waals surface area contributed by atoms with E-state index in [1.165, 1.54) is 11.3 Å². The van der Waals surface area contributed by atoms with Gasteiger partial charge in [0, 0.05) is 16.6 Å². The number of halogens is 1. The fraction of sp³-hybridized carbons (Fsp3) is 0.357. The molecule has 0 unspecified atom stereocenters. The van der Waals surface area contributed by atoms with E-state index in [9.17, 15) is 4.79 Å². The lowest BCUT2D eigenvalue weighted by molar-refractivity contribution is 0.0957. The van der Waals surface area contributed by atoms with Crippen molar-refractivity contribution in [3.63, 3.8) is 0 Å². The van der Waals surface area contributed by atoms with Crippen molar-refractivity contribution in [2.45, 2.75) is 19.8 Å². The summed E-state index contributed by atoms with van der Waals surface area (Å²) in [6.45, 7) is 2.77. The Morgan fingerprint density at radius 1 is 1.47 bits per heavy atom. The lowest BCUT2D eigenvalue weighted by atomic mass is 10.2. The minimum atomic E-state index is -0.0985. The van der Waals surface area contributed by atoms with Crippen molar-refractivity contribution in [1.82, 2.24) is 5.32 Å². The third-order valence-electron chi connectivity index (χ3n) is 2.86. The summed E-state index contributed by atoms with van der Waals surface area (Å²) in [4.78, 5) is 12.6. The number of thiophene rings is 1. The highest BCUT2D eigenvalue weighted by atomic mass is 35.5. The molecule has 102 valence electrons. The molecule has 2 aromatic rings. The largest absolute Gasteiger partial charge is 0.497 e. The Bertz CT molecular complexity index is 594. The summed E-state index contributed by atoms with van der Waals surface area (Å²) in [6, 6.07) is 5.63. The number of hydrogen-bond donors (Lipinski definition) is 1. The molecule has 1 amide bonds. The molecule has 1 aromatic heterocycles. The number of carbonyl (C=O) groups is 1. The molecule has 19 heavy (non-hydrogen) atoms. The van der Waals surface area contributed by atoms with Gasteiger partial charge < -0.3 is 10.1 Å². The number of carbonyl (C=O) groups excluding carboxylic acids is 1. The lowest BCUT2D eigenvalue weighted by Crippen LogP contribution is -2.23. The van der Waals surface area contributed by atoms with E-state index in [4.69, 9.17) is 16.3 Å². The Balaban J connectivity index is 2.28. The summed E-state index contributed by atoms with van der Waals surface area (Å²) in [7, 11) is 1.62. The van der Waals surface area contributed by atoms with Crippen LogP contribution >= 0.6 is 22.9 Å². The Morgan fingerprint density at radius 2 is 2.26 bits per heavy atom. The summed E-state index contributed by atoms with van der Waals surface area (Å²) in [5.41, 5.74) is 0. The highest BCUT2D eigenvalue weighted by Gasteiger charge is 2.16. The van der Waals surface area contributed by atoms with E-state index in [0.717, 1.165) is 28.7 Å². The van der Waals surface area contributed by atoms with E-state index in [1.807, 2.05) is 18.2 Å². The van der Waals surface area contributed by atoms with Crippen LogP contribution in [0.15, 0.2) is 18.2 Å². The van der Waals surface area contributed by atoms with E-state index in [0.29, 0.717) is 16.4 Å². The first-order valence-electron chi connectivity index (χ1n) is 6.21. The van der Waals surface area contributed by atoms with E-state index in [-0.39, 0.29) is 5.91 Å². The Morgan fingerprint density at radius 3 is 2.95 bits per heavy atom. The molecule has 0 aliphatic rings. The molecule has 0 aliphatic carbocycles. The number of benzene rings is 1. The van der Waals surface area contributed by atoms with Gasteiger partial charge in [-0.1, -0.05) is 24.9 Å². The van der Waals surface area contributed by atoms with Crippen molar-refractivity contribution in [3.05, 3.63) is 28.1 Å². The van der Waals surface area contributed by atoms with Crippen LogP contribution in [0.5, 0.6) is 5.75 Å². The van der Waals surface area contributed by atoms with Crippen LogP contribution in [0.25, 0.3) is 10.1 Å². The predicted octanol–water partition coefficient (Wildman–Crippen LogP) is 4.09. The molecule has 0 saturated heterocycles. The van der Waals surface area contributed by atoms with Gasteiger partial charge in [0.05, 0.1) is 12.1 Å². The van der Waals surface area contributed by atoms with Crippen molar-refractivity contribution in [1.29, 1.82) is 0 Å². The Hall–Kier alpha value is -1.26. The summed E-state index contributed by atoms with van der Waals surface area (Å²) < 4.78 is 6.14. The van der Waals surface area contributed by atoms with Gasteiger partial charge in [0.1, 0.15) is 10.6 Å². The van der Waals surface area contributed by atoms with E-state index < -0.39 is 0 Å². The van der Waals surface area contributed by atoms with Gasteiger partial charge in [-0.2, -0.15) is 0 Å². The molecule has 0 atom stereocenters. The van der Waals surface area contributed by atoms with E-state index in [2.05, 4.69) is 12.2 Å². The minimum absolute atomic E-state index is 0.0985. The molecule has 0 saturated carbocycles. The van der Waals surface area contributed by atoms with Crippen molar-refractivity contribution < 1.29 is 9.53 Å². The molecule has 0 aliphatic heterocycles. The van der Waals surface area contributed by atoms with Crippen LogP contribution in [-0.4, -0.2) is 19.6 Å². The third-order valence-corrected chi connectivity index (χ3v) is 4.51. The highest BCUT2D eigenvalue weighted by Crippen LogP contribution is 2.37. The van der Waals surface area contributed by atoms with Gasteiger partial charge in [-0.15, -0.1) is 11.3 Å². The van der Waals surface area contributed by atoms with Gasteiger partial charge in [-0.25, -0.2) is 0 Å². The molecule has 0 bridgehead atoms. The van der Waals surface area contributed by atoms with Gasteiger partial charge >= 0.3 is 0 Å². The van der Waals surface area contributed by atoms with Crippen molar-refractivity contribution in [2.24, 2.45) is 0 Å². The van der Waals surface area contributed by atoms with E-state index >= 15 is 0 Å². The number of rotatable bonds is 5. The SMILES string of the molecule is CCCCNC(=O)c1sc2cc(OC)ccc2c1Cl. The van der Waals surface area contributed by atoms with Gasteiger partial charge in [0.25, 0.3) is 5.91 Å². The normalized spacial score (nSPS) is 10.7. The second-order valence-corrected chi connectivity index (χ2v) is 5.65. The molecule has 1 heterocycles. The minimum Gasteiger partial charge on any atom is -0.497 e. The maximum atomic E-state index is 12.0. The molecule has 3 nitrogen and oxygen atoms in total. The van der Waals surface area contributed by atoms with Crippen LogP contribution in [0.4, 0.5) is 0 Å². The fourth-order valence-corrected chi connectivity index (χ4v) is 3.24. The monoisotopic (exact) mass is 297 g/mol. The number of fused-ring (bicyclic) bond motifs is 1. The number of methoxy groups -OCH3 is 1. The maximum Gasteiger partial charge on any atom is 0.262 e. The average Bonchev–Trinajstić information content (AvgIpc) is 2.75. The third kappa shape index (κ3) is 3.01. The molecule has 0 fully saturated rings. The zero-order valence-corrected chi connectivity index (χ0v) is 12.5. The van der Waals surface area contributed by atoms with Crippen molar-refractivity contribution in [3.8, 4) is 5.75 Å². The first-order chi connectivity index (χ1) is 9.17. The molecule has 5 heteroatoms. The second-order valence-electron chi connectivity index (χ2n) is 4.22. The van der Waals surface area contributed by atoms with Gasteiger partial charge in [0.15, 0.2) is 0 Å². The molecule has 0 spiro atoms. The number of unbranched alkanes of at least 4 members (excludes halogenated alkanes) is 1. The standard InChI is InChI=1S/C14H16ClNO2S/c1-3-4-7-16-14(17)13-12(15)10-6-5-9(18-2)8-11(10)19-13/h5-6,8H,3-4,7H2,1-2H3,(H,16,17). The lowest BCUT2D eigenvalue weighted by Gasteiger charge is -2.01. The number of amides is 1. The molecule has 0 radical (unpaired) electrons. The summed E-state index contributed by atoms with van der Waals surface area (Å²) >= 11 is 7.66. The van der Waals surface area contributed by atoms with Crippen LogP contribution in [0.1, 0.15) is 29.4 Å². The Labute approximate surface area is 121 Å². The van der Waals surface area contributed by atoms with Crippen molar-refractivity contribution >= 4 is 38.9 Å². The summed E-state index contributed by atoms with van der Waals surface area (Å²) in [5, 5.41) is 4.31. The molecular weight excluding hydrogens is 282 g/mol.